The predicted octanol–water partition coefficient (Wildman–Crippen LogP) is 1.70. The quantitative estimate of drug-likeness (QED) is 0.933. The second-order valence-corrected chi connectivity index (χ2v) is 5.57. The SMILES string of the molecule is NCc1ccc(CN2CCN(C(=O)c3ccco3)CC2)cc1. The third-order valence-electron chi connectivity index (χ3n) is 4.06. The molecule has 2 N–H and O–H groups in total. The zero-order chi connectivity index (χ0) is 15.4. The van der Waals surface area contributed by atoms with Gasteiger partial charge in [0.2, 0.25) is 0 Å². The maximum absolute atomic E-state index is 12.2. The number of nitrogens with zero attached hydrogens (tertiary/aromatic N) is 2. The first kappa shape index (κ1) is 14.8. The van der Waals surface area contributed by atoms with E-state index in [4.69, 9.17) is 10.2 Å². The van der Waals surface area contributed by atoms with E-state index >= 15 is 0 Å². The second-order valence-electron chi connectivity index (χ2n) is 5.57. The minimum atomic E-state index is -0.0167. The molecule has 0 spiro atoms. The number of nitrogens with two attached hydrogens (primary N) is 1. The molecule has 22 heavy (non-hydrogen) atoms. The number of benzene rings is 1. The number of carbonyl (C=O) groups is 1. The molecule has 2 aromatic rings. The zero-order valence-corrected chi connectivity index (χ0v) is 12.6. The molecule has 0 aliphatic carbocycles. The lowest BCUT2D eigenvalue weighted by molar-refractivity contribution is 0.0598. The van der Waals surface area contributed by atoms with Gasteiger partial charge >= 0.3 is 0 Å². The minimum Gasteiger partial charge on any atom is -0.459 e. The average Bonchev–Trinajstić information content (AvgIpc) is 3.10. The lowest BCUT2D eigenvalue weighted by Gasteiger charge is -2.34. The summed E-state index contributed by atoms with van der Waals surface area (Å²) in [5.41, 5.74) is 8.04. The van der Waals surface area contributed by atoms with Crippen LogP contribution in [-0.2, 0) is 13.1 Å². The van der Waals surface area contributed by atoms with Gasteiger partial charge in [0.25, 0.3) is 5.91 Å². The number of piperazine rings is 1. The standard InChI is InChI=1S/C17H21N3O2/c18-12-14-3-5-15(6-4-14)13-19-7-9-20(10-8-19)17(21)16-2-1-11-22-16/h1-6,11H,7-10,12-13,18H2. The number of rotatable bonds is 4. The first-order chi connectivity index (χ1) is 10.8. The summed E-state index contributed by atoms with van der Waals surface area (Å²) in [5.74, 6) is 0.405. The van der Waals surface area contributed by atoms with Crippen LogP contribution in [0.3, 0.4) is 0 Å². The Morgan fingerprint density at radius 3 is 2.32 bits per heavy atom. The Balaban J connectivity index is 1.52. The zero-order valence-electron chi connectivity index (χ0n) is 12.6. The molecule has 1 aromatic carbocycles. The number of furan rings is 1. The summed E-state index contributed by atoms with van der Waals surface area (Å²) >= 11 is 0. The Hall–Kier alpha value is -2.11. The molecule has 1 aromatic heterocycles. The molecule has 2 heterocycles. The molecule has 1 fully saturated rings. The van der Waals surface area contributed by atoms with E-state index in [9.17, 15) is 4.79 Å². The fourth-order valence-corrected chi connectivity index (χ4v) is 2.70. The van der Waals surface area contributed by atoms with E-state index < -0.39 is 0 Å². The molecule has 5 heteroatoms. The summed E-state index contributed by atoms with van der Waals surface area (Å²) in [6.45, 7) is 4.72. The molecule has 5 nitrogen and oxygen atoms in total. The van der Waals surface area contributed by atoms with Gasteiger partial charge in [-0.05, 0) is 23.3 Å². The van der Waals surface area contributed by atoms with Gasteiger partial charge in [-0.3, -0.25) is 9.69 Å². The third kappa shape index (κ3) is 3.37. The number of hydrogen-bond acceptors (Lipinski definition) is 4. The van der Waals surface area contributed by atoms with Crippen LogP contribution >= 0.6 is 0 Å². The predicted molar refractivity (Wildman–Crippen MR) is 84.2 cm³/mol. The lowest BCUT2D eigenvalue weighted by atomic mass is 10.1. The van der Waals surface area contributed by atoms with Gasteiger partial charge in [-0.15, -0.1) is 0 Å². The van der Waals surface area contributed by atoms with Crippen LogP contribution in [0.15, 0.2) is 47.1 Å². The Morgan fingerprint density at radius 1 is 1.05 bits per heavy atom. The van der Waals surface area contributed by atoms with Crippen LogP contribution in [-0.4, -0.2) is 41.9 Å². The smallest absolute Gasteiger partial charge is 0.289 e. The van der Waals surface area contributed by atoms with Crippen LogP contribution in [0.5, 0.6) is 0 Å². The molecule has 1 amide bonds. The van der Waals surface area contributed by atoms with Gasteiger partial charge in [-0.2, -0.15) is 0 Å². The maximum Gasteiger partial charge on any atom is 0.289 e. The largest absolute Gasteiger partial charge is 0.459 e. The highest BCUT2D eigenvalue weighted by atomic mass is 16.3. The molecule has 0 saturated carbocycles. The van der Waals surface area contributed by atoms with Gasteiger partial charge in [0.1, 0.15) is 0 Å². The molecule has 0 radical (unpaired) electrons. The van der Waals surface area contributed by atoms with Crippen molar-refractivity contribution in [3.63, 3.8) is 0 Å². The van der Waals surface area contributed by atoms with E-state index in [0.29, 0.717) is 12.3 Å². The molecule has 1 saturated heterocycles. The van der Waals surface area contributed by atoms with Crippen molar-refractivity contribution in [3.8, 4) is 0 Å². The first-order valence-corrected chi connectivity index (χ1v) is 7.59. The van der Waals surface area contributed by atoms with E-state index in [1.54, 1.807) is 12.1 Å². The van der Waals surface area contributed by atoms with E-state index in [1.807, 2.05) is 4.90 Å². The maximum atomic E-state index is 12.2. The molecule has 1 aliphatic heterocycles. The molecule has 0 atom stereocenters. The minimum absolute atomic E-state index is 0.0167. The molecule has 0 bridgehead atoms. The van der Waals surface area contributed by atoms with Gasteiger partial charge in [-0.1, -0.05) is 24.3 Å². The number of hydrogen-bond donors (Lipinski definition) is 1. The van der Waals surface area contributed by atoms with Crippen molar-refractivity contribution < 1.29 is 9.21 Å². The van der Waals surface area contributed by atoms with Crippen molar-refractivity contribution in [2.24, 2.45) is 5.73 Å². The van der Waals surface area contributed by atoms with Crippen molar-refractivity contribution in [2.45, 2.75) is 13.1 Å². The highest BCUT2D eigenvalue weighted by Crippen LogP contribution is 2.12. The third-order valence-corrected chi connectivity index (χ3v) is 4.06. The van der Waals surface area contributed by atoms with Gasteiger partial charge in [-0.25, -0.2) is 0 Å². The van der Waals surface area contributed by atoms with Gasteiger partial charge in [0.05, 0.1) is 6.26 Å². The van der Waals surface area contributed by atoms with Crippen LogP contribution in [0.1, 0.15) is 21.7 Å². The Morgan fingerprint density at radius 2 is 1.73 bits per heavy atom. The normalized spacial score (nSPS) is 16.0. The number of carbonyl (C=O) groups excluding carboxylic acids is 1. The molecule has 116 valence electrons. The Labute approximate surface area is 130 Å². The van der Waals surface area contributed by atoms with Crippen molar-refractivity contribution >= 4 is 5.91 Å². The van der Waals surface area contributed by atoms with Crippen molar-refractivity contribution in [1.82, 2.24) is 9.80 Å². The Bertz CT molecular complexity index is 599. The topological polar surface area (TPSA) is 62.7 Å². The number of amides is 1. The van der Waals surface area contributed by atoms with E-state index in [0.717, 1.165) is 38.3 Å². The average molecular weight is 299 g/mol. The van der Waals surface area contributed by atoms with Gasteiger partial charge in [0.15, 0.2) is 5.76 Å². The van der Waals surface area contributed by atoms with Gasteiger partial charge < -0.3 is 15.1 Å². The summed E-state index contributed by atoms with van der Waals surface area (Å²) in [5, 5.41) is 0. The van der Waals surface area contributed by atoms with Crippen LogP contribution in [0.2, 0.25) is 0 Å². The molecule has 1 aliphatic rings. The van der Waals surface area contributed by atoms with Crippen molar-refractivity contribution in [2.75, 3.05) is 26.2 Å². The van der Waals surface area contributed by atoms with Crippen LogP contribution in [0.25, 0.3) is 0 Å². The van der Waals surface area contributed by atoms with E-state index in [-0.39, 0.29) is 5.91 Å². The summed E-state index contributed by atoms with van der Waals surface area (Å²) in [4.78, 5) is 16.4. The van der Waals surface area contributed by atoms with E-state index in [1.165, 1.54) is 11.8 Å². The van der Waals surface area contributed by atoms with E-state index in [2.05, 4.69) is 29.2 Å². The monoisotopic (exact) mass is 299 g/mol. The molecule has 0 unspecified atom stereocenters. The first-order valence-electron chi connectivity index (χ1n) is 7.59. The fraction of sp³-hybridized carbons (Fsp3) is 0.353. The Kier molecular flexibility index (Phi) is 4.56. The molecular formula is C17H21N3O2. The fourth-order valence-electron chi connectivity index (χ4n) is 2.70. The summed E-state index contributed by atoms with van der Waals surface area (Å²) in [7, 11) is 0. The highest BCUT2D eigenvalue weighted by Gasteiger charge is 2.23. The van der Waals surface area contributed by atoms with Crippen molar-refractivity contribution in [1.29, 1.82) is 0 Å². The second kappa shape index (κ2) is 6.77. The summed E-state index contributed by atoms with van der Waals surface area (Å²) in [6, 6.07) is 11.9. The molecular weight excluding hydrogens is 278 g/mol. The van der Waals surface area contributed by atoms with Crippen LogP contribution in [0, 0.1) is 0 Å². The lowest BCUT2D eigenvalue weighted by Crippen LogP contribution is -2.48. The summed E-state index contributed by atoms with van der Waals surface area (Å²) in [6.07, 6.45) is 1.54. The van der Waals surface area contributed by atoms with Crippen molar-refractivity contribution in [3.05, 3.63) is 59.5 Å². The molecule has 3 rings (SSSR count). The van der Waals surface area contributed by atoms with Crippen LogP contribution in [0.4, 0.5) is 0 Å². The van der Waals surface area contributed by atoms with Crippen LogP contribution < -0.4 is 5.73 Å². The van der Waals surface area contributed by atoms with Gasteiger partial charge in [0, 0.05) is 39.3 Å². The summed E-state index contributed by atoms with van der Waals surface area (Å²) < 4.78 is 5.18. The highest BCUT2D eigenvalue weighted by molar-refractivity contribution is 5.91.